The van der Waals surface area contributed by atoms with Crippen LogP contribution < -0.4 is 10.6 Å². The predicted octanol–water partition coefficient (Wildman–Crippen LogP) is 4.99. The second-order valence-corrected chi connectivity index (χ2v) is 9.80. The number of hydrogen-bond acceptors (Lipinski definition) is 5. The Hall–Kier alpha value is -4.07. The minimum Gasteiger partial charge on any atom is -0.508 e. The van der Waals surface area contributed by atoms with Crippen LogP contribution in [0.4, 0.5) is 10.5 Å². The summed E-state index contributed by atoms with van der Waals surface area (Å²) in [5.41, 5.74) is 0.300. The molecular formula is C28H33N3O5. The number of benzene rings is 3. The van der Waals surface area contributed by atoms with Crippen molar-refractivity contribution in [3.8, 4) is 5.75 Å². The van der Waals surface area contributed by atoms with E-state index in [1.807, 2.05) is 36.4 Å². The molecular weight excluding hydrogens is 458 g/mol. The Balaban J connectivity index is 1.90. The van der Waals surface area contributed by atoms with Crippen molar-refractivity contribution in [3.05, 3.63) is 72.3 Å². The Labute approximate surface area is 211 Å². The molecule has 0 aliphatic rings. The van der Waals surface area contributed by atoms with E-state index in [9.17, 15) is 19.5 Å². The van der Waals surface area contributed by atoms with E-state index in [-0.39, 0.29) is 12.3 Å². The number of alkyl carbamates (subject to hydrolysis) is 1. The summed E-state index contributed by atoms with van der Waals surface area (Å²) in [5, 5.41) is 17.5. The van der Waals surface area contributed by atoms with Crippen molar-refractivity contribution in [1.82, 2.24) is 10.2 Å². The number of aromatic hydroxyl groups is 1. The van der Waals surface area contributed by atoms with Gasteiger partial charge in [-0.25, -0.2) is 4.79 Å². The van der Waals surface area contributed by atoms with Crippen LogP contribution in [0.5, 0.6) is 5.75 Å². The van der Waals surface area contributed by atoms with Gasteiger partial charge in [-0.1, -0.05) is 42.5 Å². The molecule has 0 aromatic heterocycles. The van der Waals surface area contributed by atoms with E-state index in [2.05, 4.69) is 10.6 Å². The summed E-state index contributed by atoms with van der Waals surface area (Å²) in [6.45, 7) is 8.39. The van der Waals surface area contributed by atoms with Crippen molar-refractivity contribution in [2.75, 3.05) is 11.9 Å². The second kappa shape index (κ2) is 11.1. The van der Waals surface area contributed by atoms with Crippen LogP contribution in [-0.4, -0.2) is 46.1 Å². The van der Waals surface area contributed by atoms with Crippen molar-refractivity contribution >= 4 is 34.4 Å². The number of nitrogens with one attached hydrogen (secondary N) is 2. The fourth-order valence-electron chi connectivity index (χ4n) is 3.89. The van der Waals surface area contributed by atoms with Gasteiger partial charge in [0.15, 0.2) is 0 Å². The van der Waals surface area contributed by atoms with Crippen molar-refractivity contribution in [1.29, 1.82) is 0 Å². The molecule has 8 nitrogen and oxygen atoms in total. The Morgan fingerprint density at radius 2 is 1.64 bits per heavy atom. The maximum Gasteiger partial charge on any atom is 0.408 e. The van der Waals surface area contributed by atoms with Gasteiger partial charge in [-0.05, 0) is 75.2 Å². The molecule has 3 aromatic carbocycles. The number of carbonyl (C=O) groups excluding carboxylic acids is 3. The van der Waals surface area contributed by atoms with Crippen molar-refractivity contribution in [3.63, 3.8) is 0 Å². The summed E-state index contributed by atoms with van der Waals surface area (Å²) >= 11 is 0. The molecule has 0 spiro atoms. The van der Waals surface area contributed by atoms with Gasteiger partial charge in [-0.3, -0.25) is 9.59 Å². The van der Waals surface area contributed by atoms with Crippen LogP contribution in [0.15, 0.2) is 66.7 Å². The van der Waals surface area contributed by atoms with E-state index >= 15 is 0 Å². The lowest BCUT2D eigenvalue weighted by molar-refractivity contribution is -0.140. The highest BCUT2D eigenvalue weighted by Crippen LogP contribution is 2.28. The van der Waals surface area contributed by atoms with Crippen LogP contribution >= 0.6 is 0 Å². The fourth-order valence-corrected chi connectivity index (χ4v) is 3.89. The third-order valence-corrected chi connectivity index (χ3v) is 5.36. The van der Waals surface area contributed by atoms with Crippen molar-refractivity contribution in [2.24, 2.45) is 0 Å². The second-order valence-electron chi connectivity index (χ2n) is 9.80. The minimum atomic E-state index is -1.06. The minimum absolute atomic E-state index is 0.0287. The number of fused-ring (bicyclic) bond motifs is 1. The summed E-state index contributed by atoms with van der Waals surface area (Å²) in [5.74, 6) is -0.952. The lowest BCUT2D eigenvalue weighted by atomic mass is 10.0. The molecule has 0 aliphatic heterocycles. The first-order valence-corrected chi connectivity index (χ1v) is 11.8. The molecule has 0 saturated carbocycles. The molecule has 0 aliphatic carbocycles. The van der Waals surface area contributed by atoms with E-state index in [4.69, 9.17) is 4.74 Å². The van der Waals surface area contributed by atoms with Gasteiger partial charge >= 0.3 is 6.09 Å². The lowest BCUT2D eigenvalue weighted by Crippen LogP contribution is -2.49. The van der Waals surface area contributed by atoms with Gasteiger partial charge in [-0.2, -0.15) is 0 Å². The smallest absolute Gasteiger partial charge is 0.408 e. The van der Waals surface area contributed by atoms with E-state index in [1.54, 1.807) is 52.8 Å². The van der Waals surface area contributed by atoms with Crippen LogP contribution in [0, 0.1) is 0 Å². The van der Waals surface area contributed by atoms with Gasteiger partial charge in [0.1, 0.15) is 23.9 Å². The molecule has 1 atom stereocenters. The lowest BCUT2D eigenvalue weighted by Gasteiger charge is -2.34. The molecule has 36 heavy (non-hydrogen) atoms. The fraction of sp³-hybridized carbons (Fsp3) is 0.321. The Kier molecular flexibility index (Phi) is 8.19. The Bertz CT molecular complexity index is 1250. The average molecular weight is 492 g/mol. The number of phenols is 1. The highest BCUT2D eigenvalue weighted by molar-refractivity contribution is 6.00. The molecule has 190 valence electrons. The van der Waals surface area contributed by atoms with Crippen LogP contribution in [0.25, 0.3) is 10.8 Å². The summed E-state index contributed by atoms with van der Waals surface area (Å²) in [6.07, 6.45) is -0.728. The molecule has 0 fully saturated rings. The zero-order chi connectivity index (χ0) is 26.5. The van der Waals surface area contributed by atoms with Crippen LogP contribution in [-0.2, 0) is 14.3 Å². The number of anilines is 1. The van der Waals surface area contributed by atoms with Gasteiger partial charge in [0.2, 0.25) is 5.91 Å². The third-order valence-electron chi connectivity index (χ3n) is 5.36. The maximum absolute atomic E-state index is 13.6. The van der Waals surface area contributed by atoms with Crippen LogP contribution in [0.3, 0.4) is 0 Å². The largest absolute Gasteiger partial charge is 0.508 e. The van der Waals surface area contributed by atoms with Crippen molar-refractivity contribution in [2.45, 2.75) is 52.3 Å². The number of carbonyl (C=O) groups is 3. The summed E-state index contributed by atoms with van der Waals surface area (Å²) in [7, 11) is 0. The van der Waals surface area contributed by atoms with Gasteiger partial charge in [0.25, 0.3) is 5.91 Å². The van der Waals surface area contributed by atoms with Gasteiger partial charge in [-0.15, -0.1) is 0 Å². The van der Waals surface area contributed by atoms with E-state index < -0.39 is 35.6 Å². The molecule has 0 saturated heterocycles. The molecule has 0 heterocycles. The summed E-state index contributed by atoms with van der Waals surface area (Å²) in [6, 6.07) is 18.1. The number of ether oxygens (including phenoxy) is 1. The third kappa shape index (κ3) is 6.97. The van der Waals surface area contributed by atoms with Crippen LogP contribution in [0.2, 0.25) is 0 Å². The summed E-state index contributed by atoms with van der Waals surface area (Å²) < 4.78 is 5.22. The normalized spacial score (nSPS) is 12.2. The SMILES string of the molecule is CC(C)N(C(=O)CNC(=O)OC(C)(C)C)C(C(=O)Nc1ccc2ccccc2c1)c1cccc(O)c1. The van der Waals surface area contributed by atoms with Gasteiger partial charge in [0, 0.05) is 11.7 Å². The molecule has 0 bridgehead atoms. The highest BCUT2D eigenvalue weighted by atomic mass is 16.6. The highest BCUT2D eigenvalue weighted by Gasteiger charge is 2.34. The van der Waals surface area contributed by atoms with E-state index in [0.29, 0.717) is 11.3 Å². The maximum atomic E-state index is 13.6. The molecule has 3 N–H and O–H groups in total. The zero-order valence-corrected chi connectivity index (χ0v) is 21.2. The number of nitrogens with zero attached hydrogens (tertiary/aromatic N) is 1. The molecule has 0 radical (unpaired) electrons. The zero-order valence-electron chi connectivity index (χ0n) is 21.2. The number of amides is 3. The first-order valence-electron chi connectivity index (χ1n) is 11.8. The monoisotopic (exact) mass is 491 g/mol. The average Bonchev–Trinajstić information content (AvgIpc) is 2.79. The number of phenolic OH excluding ortho intramolecular Hbond substituents is 1. The van der Waals surface area contributed by atoms with Crippen LogP contribution in [0.1, 0.15) is 46.2 Å². The van der Waals surface area contributed by atoms with E-state index in [0.717, 1.165) is 10.8 Å². The van der Waals surface area contributed by atoms with Gasteiger partial charge < -0.3 is 25.4 Å². The Morgan fingerprint density at radius 3 is 2.28 bits per heavy atom. The standard InChI is InChI=1S/C28H33N3O5/c1-18(2)31(24(33)17-29-27(35)36-28(3,4)5)25(21-11-8-12-23(32)16-21)26(34)30-22-14-13-19-9-6-7-10-20(19)15-22/h6-16,18,25,32H,17H2,1-5H3,(H,29,35)(H,30,34). The summed E-state index contributed by atoms with van der Waals surface area (Å²) in [4.78, 5) is 40.4. The molecule has 1 unspecified atom stereocenters. The molecule has 8 heteroatoms. The van der Waals surface area contributed by atoms with Crippen molar-refractivity contribution < 1.29 is 24.2 Å². The van der Waals surface area contributed by atoms with Gasteiger partial charge in [0.05, 0.1) is 0 Å². The topological polar surface area (TPSA) is 108 Å². The first kappa shape index (κ1) is 26.5. The predicted molar refractivity (Wildman–Crippen MR) is 140 cm³/mol. The Morgan fingerprint density at radius 1 is 0.944 bits per heavy atom. The molecule has 3 rings (SSSR count). The number of hydrogen-bond donors (Lipinski definition) is 3. The van der Waals surface area contributed by atoms with E-state index in [1.165, 1.54) is 17.0 Å². The molecule has 3 amide bonds. The first-order chi connectivity index (χ1) is 16.9. The quantitative estimate of drug-likeness (QED) is 0.432. The number of rotatable bonds is 7. The molecule has 3 aromatic rings.